The van der Waals surface area contributed by atoms with E-state index in [1.165, 1.54) is 5.56 Å². The van der Waals surface area contributed by atoms with Crippen molar-refractivity contribution in [2.24, 2.45) is 0 Å². The molecule has 2 heteroatoms. The van der Waals surface area contributed by atoms with Crippen LogP contribution in [0.4, 0.5) is 0 Å². The summed E-state index contributed by atoms with van der Waals surface area (Å²) in [4.78, 5) is 11.7. The third kappa shape index (κ3) is 4.06. The SMILES string of the molecule is O=C(CCc1ccccc1)NCc1ccccc1. The summed E-state index contributed by atoms with van der Waals surface area (Å²) < 4.78 is 0. The molecule has 0 saturated carbocycles. The molecule has 0 heterocycles. The molecule has 2 nitrogen and oxygen atoms in total. The van der Waals surface area contributed by atoms with Gasteiger partial charge in [-0.15, -0.1) is 0 Å². The lowest BCUT2D eigenvalue weighted by atomic mass is 10.1. The molecule has 2 aromatic carbocycles. The van der Waals surface area contributed by atoms with E-state index in [0.717, 1.165) is 12.0 Å². The van der Waals surface area contributed by atoms with Gasteiger partial charge in [-0.25, -0.2) is 0 Å². The van der Waals surface area contributed by atoms with Gasteiger partial charge in [-0.1, -0.05) is 60.7 Å². The fourth-order valence-electron chi connectivity index (χ4n) is 1.79. The van der Waals surface area contributed by atoms with Crippen molar-refractivity contribution in [1.82, 2.24) is 5.32 Å². The Morgan fingerprint density at radius 1 is 0.833 bits per heavy atom. The van der Waals surface area contributed by atoms with E-state index in [0.29, 0.717) is 13.0 Å². The summed E-state index contributed by atoms with van der Waals surface area (Å²) in [5.41, 5.74) is 2.33. The van der Waals surface area contributed by atoms with Crippen molar-refractivity contribution in [2.45, 2.75) is 19.4 Å². The van der Waals surface area contributed by atoms with E-state index in [1.54, 1.807) is 0 Å². The molecule has 0 aromatic heterocycles. The molecule has 2 rings (SSSR count). The summed E-state index contributed by atoms with van der Waals surface area (Å²) in [6.45, 7) is 0.606. The first-order valence-corrected chi connectivity index (χ1v) is 6.19. The lowest BCUT2D eigenvalue weighted by Crippen LogP contribution is -2.22. The van der Waals surface area contributed by atoms with Crippen molar-refractivity contribution in [3.05, 3.63) is 71.8 Å². The fraction of sp³-hybridized carbons (Fsp3) is 0.188. The van der Waals surface area contributed by atoms with Gasteiger partial charge < -0.3 is 5.32 Å². The lowest BCUT2D eigenvalue weighted by molar-refractivity contribution is -0.121. The highest BCUT2D eigenvalue weighted by Gasteiger charge is 2.01. The summed E-state index contributed by atoms with van der Waals surface area (Å²) in [5, 5.41) is 2.93. The highest BCUT2D eigenvalue weighted by Crippen LogP contribution is 2.03. The van der Waals surface area contributed by atoms with Gasteiger partial charge in [0.15, 0.2) is 0 Å². The molecule has 0 spiro atoms. The van der Waals surface area contributed by atoms with E-state index >= 15 is 0 Å². The van der Waals surface area contributed by atoms with Gasteiger partial charge in [-0.3, -0.25) is 4.79 Å². The maximum atomic E-state index is 11.7. The van der Waals surface area contributed by atoms with Crippen LogP contribution < -0.4 is 5.32 Å². The Bertz CT molecular complexity index is 433. The van der Waals surface area contributed by atoms with Gasteiger partial charge in [-0.05, 0) is 17.5 Å². The monoisotopic (exact) mass is 239 g/mol. The number of aryl methyl sites for hydroxylation is 1. The molecule has 0 fully saturated rings. The van der Waals surface area contributed by atoms with Gasteiger partial charge >= 0.3 is 0 Å². The van der Waals surface area contributed by atoms with Crippen LogP contribution in [0.5, 0.6) is 0 Å². The molecule has 1 N–H and O–H groups in total. The van der Waals surface area contributed by atoms with Crippen LogP contribution in [0.2, 0.25) is 0 Å². The van der Waals surface area contributed by atoms with Crippen LogP contribution in [0.1, 0.15) is 17.5 Å². The minimum Gasteiger partial charge on any atom is -0.352 e. The molecular formula is C16H17NO. The first-order chi connectivity index (χ1) is 8.84. The van der Waals surface area contributed by atoms with Crippen molar-refractivity contribution in [2.75, 3.05) is 0 Å². The zero-order valence-corrected chi connectivity index (χ0v) is 10.3. The largest absolute Gasteiger partial charge is 0.352 e. The van der Waals surface area contributed by atoms with Crippen molar-refractivity contribution >= 4 is 5.91 Å². The van der Waals surface area contributed by atoms with Crippen LogP contribution in [0, 0.1) is 0 Å². The summed E-state index contributed by atoms with van der Waals surface area (Å²) in [5.74, 6) is 0.0997. The molecule has 0 aliphatic rings. The molecule has 0 saturated heterocycles. The van der Waals surface area contributed by atoms with Gasteiger partial charge in [0.25, 0.3) is 0 Å². The quantitative estimate of drug-likeness (QED) is 0.854. The fourth-order valence-corrected chi connectivity index (χ4v) is 1.79. The van der Waals surface area contributed by atoms with E-state index in [-0.39, 0.29) is 5.91 Å². The molecule has 0 radical (unpaired) electrons. The Kier molecular flexibility index (Phi) is 4.53. The van der Waals surface area contributed by atoms with Crippen molar-refractivity contribution in [3.8, 4) is 0 Å². The van der Waals surface area contributed by atoms with E-state index < -0.39 is 0 Å². The van der Waals surface area contributed by atoms with Gasteiger partial charge in [-0.2, -0.15) is 0 Å². The Morgan fingerprint density at radius 3 is 2.00 bits per heavy atom. The Morgan fingerprint density at radius 2 is 1.39 bits per heavy atom. The zero-order valence-electron chi connectivity index (χ0n) is 10.3. The van der Waals surface area contributed by atoms with Crippen LogP contribution in [0.15, 0.2) is 60.7 Å². The maximum Gasteiger partial charge on any atom is 0.220 e. The van der Waals surface area contributed by atoms with E-state index in [2.05, 4.69) is 5.32 Å². The number of carbonyl (C=O) groups is 1. The summed E-state index contributed by atoms with van der Waals surface area (Å²) in [6, 6.07) is 20.0. The number of amides is 1. The van der Waals surface area contributed by atoms with Crippen molar-refractivity contribution in [1.29, 1.82) is 0 Å². The highest BCUT2D eigenvalue weighted by molar-refractivity contribution is 5.76. The zero-order chi connectivity index (χ0) is 12.6. The first-order valence-electron chi connectivity index (χ1n) is 6.19. The number of nitrogens with one attached hydrogen (secondary N) is 1. The number of rotatable bonds is 5. The average Bonchev–Trinajstić information content (AvgIpc) is 2.45. The molecule has 0 aliphatic carbocycles. The van der Waals surface area contributed by atoms with Gasteiger partial charge in [0.05, 0.1) is 0 Å². The predicted octanol–water partition coefficient (Wildman–Crippen LogP) is 2.94. The molecular weight excluding hydrogens is 222 g/mol. The molecule has 2 aromatic rings. The second-order valence-corrected chi connectivity index (χ2v) is 4.25. The topological polar surface area (TPSA) is 29.1 Å². The van der Waals surface area contributed by atoms with E-state index in [4.69, 9.17) is 0 Å². The van der Waals surface area contributed by atoms with E-state index in [1.807, 2.05) is 60.7 Å². The molecule has 0 atom stereocenters. The van der Waals surface area contributed by atoms with E-state index in [9.17, 15) is 4.79 Å². The number of benzene rings is 2. The standard InChI is InChI=1S/C16H17NO/c18-16(12-11-14-7-3-1-4-8-14)17-13-15-9-5-2-6-10-15/h1-10H,11-13H2,(H,17,18). The van der Waals surface area contributed by atoms with Crippen LogP contribution in [0.25, 0.3) is 0 Å². The summed E-state index contributed by atoms with van der Waals surface area (Å²) in [7, 11) is 0. The molecule has 0 aliphatic heterocycles. The van der Waals surface area contributed by atoms with Gasteiger partial charge in [0.2, 0.25) is 5.91 Å². The van der Waals surface area contributed by atoms with Crippen LogP contribution in [-0.4, -0.2) is 5.91 Å². The highest BCUT2D eigenvalue weighted by atomic mass is 16.1. The third-order valence-electron chi connectivity index (χ3n) is 2.82. The number of hydrogen-bond donors (Lipinski definition) is 1. The van der Waals surface area contributed by atoms with Gasteiger partial charge in [0.1, 0.15) is 0 Å². The Hall–Kier alpha value is -2.09. The van der Waals surface area contributed by atoms with Crippen molar-refractivity contribution in [3.63, 3.8) is 0 Å². The normalized spacial score (nSPS) is 10.0. The molecule has 0 unspecified atom stereocenters. The Labute approximate surface area is 108 Å². The minimum absolute atomic E-state index is 0.0997. The number of carbonyl (C=O) groups excluding carboxylic acids is 1. The lowest BCUT2D eigenvalue weighted by Gasteiger charge is -2.05. The Balaban J connectivity index is 1.73. The number of hydrogen-bond acceptors (Lipinski definition) is 1. The first kappa shape index (κ1) is 12.4. The summed E-state index contributed by atoms with van der Waals surface area (Å²) in [6.07, 6.45) is 1.33. The van der Waals surface area contributed by atoms with Crippen molar-refractivity contribution < 1.29 is 4.79 Å². The van der Waals surface area contributed by atoms with Crippen LogP contribution >= 0.6 is 0 Å². The molecule has 18 heavy (non-hydrogen) atoms. The third-order valence-corrected chi connectivity index (χ3v) is 2.82. The predicted molar refractivity (Wildman–Crippen MR) is 73.1 cm³/mol. The molecule has 0 bridgehead atoms. The average molecular weight is 239 g/mol. The molecule has 92 valence electrons. The smallest absolute Gasteiger partial charge is 0.220 e. The van der Waals surface area contributed by atoms with Gasteiger partial charge in [0, 0.05) is 13.0 Å². The summed E-state index contributed by atoms with van der Waals surface area (Å²) >= 11 is 0. The molecule has 1 amide bonds. The maximum absolute atomic E-state index is 11.7. The van der Waals surface area contributed by atoms with Crippen LogP contribution in [-0.2, 0) is 17.8 Å². The second-order valence-electron chi connectivity index (χ2n) is 4.25. The van der Waals surface area contributed by atoms with Crippen LogP contribution in [0.3, 0.4) is 0 Å². The minimum atomic E-state index is 0.0997. The second kappa shape index (κ2) is 6.60.